The van der Waals surface area contributed by atoms with E-state index in [9.17, 15) is 4.79 Å². The third-order valence-electron chi connectivity index (χ3n) is 3.38. The van der Waals surface area contributed by atoms with Crippen LogP contribution in [-0.4, -0.2) is 54.5 Å². The number of hydrogen-bond donors (Lipinski definition) is 1. The van der Waals surface area contributed by atoms with Crippen molar-refractivity contribution in [2.24, 2.45) is 0 Å². The zero-order valence-electron chi connectivity index (χ0n) is 11.7. The fraction of sp³-hybridized carbons (Fsp3) is 0.923. The van der Waals surface area contributed by atoms with Gasteiger partial charge >= 0.3 is 6.09 Å². The lowest BCUT2D eigenvalue weighted by atomic mass is 9.96. The predicted octanol–water partition coefficient (Wildman–Crippen LogP) is 1.37. The van der Waals surface area contributed by atoms with Crippen molar-refractivity contribution >= 4 is 6.09 Å². The molecule has 1 amide bonds. The SMILES string of the molecule is C[C@H]1C[C@H]2OCCN(C(=O)OC(C)(C)C)[C@H]2CN1. The van der Waals surface area contributed by atoms with Crippen molar-refractivity contribution in [3.05, 3.63) is 0 Å². The summed E-state index contributed by atoms with van der Waals surface area (Å²) in [6, 6.07) is 0.551. The largest absolute Gasteiger partial charge is 0.444 e. The normalized spacial score (nSPS) is 32.9. The highest BCUT2D eigenvalue weighted by molar-refractivity contribution is 5.68. The molecule has 0 bridgehead atoms. The summed E-state index contributed by atoms with van der Waals surface area (Å²) in [5, 5.41) is 3.40. The van der Waals surface area contributed by atoms with Crippen LogP contribution in [0.15, 0.2) is 0 Å². The third kappa shape index (κ3) is 3.14. The van der Waals surface area contributed by atoms with Crippen LogP contribution in [0.25, 0.3) is 0 Å². The molecule has 2 rings (SSSR count). The molecule has 0 aromatic heterocycles. The Morgan fingerprint density at radius 1 is 1.44 bits per heavy atom. The monoisotopic (exact) mass is 256 g/mol. The van der Waals surface area contributed by atoms with Gasteiger partial charge in [-0.25, -0.2) is 4.79 Å². The van der Waals surface area contributed by atoms with E-state index in [0.29, 0.717) is 19.2 Å². The lowest BCUT2D eigenvalue weighted by Gasteiger charge is -2.45. The van der Waals surface area contributed by atoms with E-state index in [4.69, 9.17) is 9.47 Å². The van der Waals surface area contributed by atoms with Crippen LogP contribution in [0, 0.1) is 0 Å². The molecule has 2 aliphatic heterocycles. The molecular formula is C13H24N2O3. The minimum atomic E-state index is -0.444. The minimum Gasteiger partial charge on any atom is -0.444 e. The molecule has 5 nitrogen and oxygen atoms in total. The van der Waals surface area contributed by atoms with Gasteiger partial charge in [-0.3, -0.25) is 4.90 Å². The average Bonchev–Trinajstić information content (AvgIpc) is 2.25. The first-order valence-corrected chi connectivity index (χ1v) is 6.71. The summed E-state index contributed by atoms with van der Waals surface area (Å²) >= 11 is 0. The lowest BCUT2D eigenvalue weighted by Crippen LogP contribution is -2.62. The maximum atomic E-state index is 12.2. The Labute approximate surface area is 109 Å². The van der Waals surface area contributed by atoms with Gasteiger partial charge in [0.1, 0.15) is 5.60 Å². The minimum absolute atomic E-state index is 0.102. The summed E-state index contributed by atoms with van der Waals surface area (Å²) in [6.07, 6.45) is 0.865. The Hall–Kier alpha value is -0.810. The van der Waals surface area contributed by atoms with Gasteiger partial charge in [0.25, 0.3) is 0 Å². The fourth-order valence-corrected chi connectivity index (χ4v) is 2.55. The zero-order valence-corrected chi connectivity index (χ0v) is 11.7. The number of nitrogens with zero attached hydrogens (tertiary/aromatic N) is 1. The molecule has 2 fully saturated rings. The number of hydrogen-bond acceptors (Lipinski definition) is 4. The maximum absolute atomic E-state index is 12.2. The average molecular weight is 256 g/mol. The molecule has 0 saturated carbocycles. The highest BCUT2D eigenvalue weighted by atomic mass is 16.6. The molecule has 2 aliphatic rings. The summed E-state index contributed by atoms with van der Waals surface area (Å²) in [5.74, 6) is 0. The number of carbonyl (C=O) groups is 1. The summed E-state index contributed by atoms with van der Waals surface area (Å²) in [5.41, 5.74) is -0.444. The Kier molecular flexibility index (Phi) is 3.82. The molecule has 5 heteroatoms. The highest BCUT2D eigenvalue weighted by Crippen LogP contribution is 2.23. The van der Waals surface area contributed by atoms with Crippen LogP contribution in [-0.2, 0) is 9.47 Å². The number of ether oxygens (including phenoxy) is 2. The fourth-order valence-electron chi connectivity index (χ4n) is 2.55. The Bertz CT molecular complexity index is 314. The highest BCUT2D eigenvalue weighted by Gasteiger charge is 2.40. The van der Waals surface area contributed by atoms with Gasteiger partial charge in [0, 0.05) is 19.1 Å². The molecule has 0 spiro atoms. The van der Waals surface area contributed by atoms with E-state index in [-0.39, 0.29) is 18.2 Å². The third-order valence-corrected chi connectivity index (χ3v) is 3.38. The standard InChI is InChI=1S/C13H24N2O3/c1-9-7-11-10(8-14-9)15(5-6-17-11)12(16)18-13(2,3)4/h9-11,14H,5-8H2,1-4H3/t9-,10-,11+/m0/s1. The van der Waals surface area contributed by atoms with Crippen molar-refractivity contribution < 1.29 is 14.3 Å². The number of fused-ring (bicyclic) bond motifs is 1. The van der Waals surface area contributed by atoms with Gasteiger partial charge in [-0.05, 0) is 34.1 Å². The van der Waals surface area contributed by atoms with E-state index in [2.05, 4.69) is 12.2 Å². The van der Waals surface area contributed by atoms with Crippen molar-refractivity contribution in [2.45, 2.75) is 57.9 Å². The zero-order chi connectivity index (χ0) is 13.3. The molecule has 18 heavy (non-hydrogen) atoms. The van der Waals surface area contributed by atoms with Crippen molar-refractivity contribution in [2.75, 3.05) is 19.7 Å². The van der Waals surface area contributed by atoms with E-state index in [1.807, 2.05) is 25.7 Å². The van der Waals surface area contributed by atoms with Crippen LogP contribution in [0.4, 0.5) is 4.79 Å². The van der Waals surface area contributed by atoms with Gasteiger partial charge in [0.05, 0.1) is 18.8 Å². The van der Waals surface area contributed by atoms with Gasteiger partial charge in [0.2, 0.25) is 0 Å². The van der Waals surface area contributed by atoms with E-state index in [1.54, 1.807) is 0 Å². The van der Waals surface area contributed by atoms with Crippen molar-refractivity contribution in [3.63, 3.8) is 0 Å². The molecule has 0 aromatic carbocycles. The van der Waals surface area contributed by atoms with Gasteiger partial charge in [-0.1, -0.05) is 0 Å². The summed E-state index contributed by atoms with van der Waals surface area (Å²) < 4.78 is 11.2. The molecule has 2 heterocycles. The first kappa shape index (κ1) is 13.6. The van der Waals surface area contributed by atoms with Crippen LogP contribution in [0.5, 0.6) is 0 Å². The Balaban J connectivity index is 2.01. The molecule has 104 valence electrons. The van der Waals surface area contributed by atoms with E-state index in [0.717, 1.165) is 13.0 Å². The van der Waals surface area contributed by atoms with Crippen molar-refractivity contribution in [1.29, 1.82) is 0 Å². The molecule has 0 aliphatic carbocycles. The smallest absolute Gasteiger partial charge is 0.410 e. The number of amides is 1. The van der Waals surface area contributed by atoms with Gasteiger partial charge in [-0.15, -0.1) is 0 Å². The Morgan fingerprint density at radius 2 is 2.17 bits per heavy atom. The molecular weight excluding hydrogens is 232 g/mol. The number of rotatable bonds is 0. The first-order chi connectivity index (χ1) is 8.37. The van der Waals surface area contributed by atoms with Gasteiger partial charge in [0.15, 0.2) is 0 Å². The quantitative estimate of drug-likeness (QED) is 0.711. The van der Waals surface area contributed by atoms with E-state index in [1.165, 1.54) is 0 Å². The molecule has 0 radical (unpaired) electrons. The van der Waals surface area contributed by atoms with Gasteiger partial charge in [-0.2, -0.15) is 0 Å². The van der Waals surface area contributed by atoms with Gasteiger partial charge < -0.3 is 14.8 Å². The maximum Gasteiger partial charge on any atom is 0.410 e. The topological polar surface area (TPSA) is 50.8 Å². The van der Waals surface area contributed by atoms with Crippen LogP contribution >= 0.6 is 0 Å². The number of nitrogens with one attached hydrogen (secondary N) is 1. The lowest BCUT2D eigenvalue weighted by molar-refractivity contribution is -0.0902. The van der Waals surface area contributed by atoms with Crippen LogP contribution in [0.1, 0.15) is 34.1 Å². The summed E-state index contributed by atoms with van der Waals surface area (Å²) in [6.45, 7) is 9.83. The van der Waals surface area contributed by atoms with Crippen LogP contribution < -0.4 is 5.32 Å². The predicted molar refractivity (Wildman–Crippen MR) is 68.5 cm³/mol. The number of carbonyl (C=O) groups excluding carboxylic acids is 1. The van der Waals surface area contributed by atoms with E-state index < -0.39 is 5.60 Å². The second kappa shape index (κ2) is 5.05. The summed E-state index contributed by atoms with van der Waals surface area (Å²) in [4.78, 5) is 14.0. The molecule has 1 N–H and O–H groups in total. The number of piperidine rings is 1. The van der Waals surface area contributed by atoms with Crippen molar-refractivity contribution in [1.82, 2.24) is 10.2 Å². The van der Waals surface area contributed by atoms with Crippen LogP contribution in [0.3, 0.4) is 0 Å². The molecule has 0 aromatic rings. The first-order valence-electron chi connectivity index (χ1n) is 6.71. The van der Waals surface area contributed by atoms with Crippen molar-refractivity contribution in [3.8, 4) is 0 Å². The molecule has 2 saturated heterocycles. The second-order valence-electron chi connectivity index (χ2n) is 6.20. The molecule has 3 atom stereocenters. The second-order valence-corrected chi connectivity index (χ2v) is 6.20. The molecule has 0 unspecified atom stereocenters. The number of morpholine rings is 1. The van der Waals surface area contributed by atoms with Crippen LogP contribution in [0.2, 0.25) is 0 Å². The summed E-state index contributed by atoms with van der Waals surface area (Å²) in [7, 11) is 0. The van der Waals surface area contributed by atoms with E-state index >= 15 is 0 Å². The Morgan fingerprint density at radius 3 is 2.83 bits per heavy atom.